The maximum Gasteiger partial charge on any atom is 0.101 e. The van der Waals surface area contributed by atoms with Gasteiger partial charge in [-0.25, -0.2) is 0 Å². The molecule has 0 amide bonds. The van der Waals surface area contributed by atoms with Gasteiger partial charge in [-0.2, -0.15) is 5.26 Å². The van der Waals surface area contributed by atoms with E-state index in [1.54, 1.807) is 12.2 Å². The first kappa shape index (κ1) is 8.09. The van der Waals surface area contributed by atoms with E-state index in [9.17, 15) is 0 Å². The molecule has 1 rings (SSSR count). The Hall–Kier alpha value is -1.01. The molecule has 3 heteroatoms. The number of allylic oxidation sites excluding steroid dienone is 5. The SMILES string of the molecule is N#CC1=CCC(Br)=CC=C1N. The van der Waals surface area contributed by atoms with Crippen LogP contribution in [0.5, 0.6) is 0 Å². The summed E-state index contributed by atoms with van der Waals surface area (Å²) in [5.74, 6) is 0. The first-order valence-corrected chi connectivity index (χ1v) is 3.96. The molecule has 1 aliphatic carbocycles. The summed E-state index contributed by atoms with van der Waals surface area (Å²) in [6.45, 7) is 0. The second-order valence-corrected chi connectivity index (χ2v) is 3.19. The lowest BCUT2D eigenvalue weighted by Crippen LogP contribution is -1.97. The number of halogens is 1. The number of hydrogen-bond donors (Lipinski definition) is 1. The van der Waals surface area contributed by atoms with Crippen molar-refractivity contribution in [3.05, 3.63) is 34.0 Å². The average Bonchev–Trinajstić information content (AvgIpc) is 2.15. The van der Waals surface area contributed by atoms with Gasteiger partial charge in [0.1, 0.15) is 6.07 Å². The van der Waals surface area contributed by atoms with Crippen LogP contribution in [0.1, 0.15) is 6.42 Å². The zero-order chi connectivity index (χ0) is 8.27. The zero-order valence-electron chi connectivity index (χ0n) is 5.84. The fraction of sp³-hybridized carbons (Fsp3) is 0.125. The second-order valence-electron chi connectivity index (χ2n) is 2.17. The van der Waals surface area contributed by atoms with Gasteiger partial charge in [0, 0.05) is 5.70 Å². The van der Waals surface area contributed by atoms with Gasteiger partial charge in [-0.3, -0.25) is 0 Å². The number of nitrogens with zero attached hydrogens (tertiary/aromatic N) is 1. The Morgan fingerprint density at radius 3 is 2.91 bits per heavy atom. The first-order valence-electron chi connectivity index (χ1n) is 3.16. The summed E-state index contributed by atoms with van der Waals surface area (Å²) in [4.78, 5) is 0. The minimum Gasteiger partial charge on any atom is -0.398 e. The molecule has 2 nitrogen and oxygen atoms in total. The predicted octanol–water partition coefficient (Wildman–Crippen LogP) is 1.96. The Labute approximate surface area is 73.8 Å². The van der Waals surface area contributed by atoms with Crippen molar-refractivity contribution in [2.75, 3.05) is 0 Å². The Morgan fingerprint density at radius 1 is 1.55 bits per heavy atom. The molecule has 0 aromatic heterocycles. The average molecular weight is 211 g/mol. The van der Waals surface area contributed by atoms with Crippen molar-refractivity contribution in [1.82, 2.24) is 0 Å². The molecular formula is C8H7BrN2. The van der Waals surface area contributed by atoms with Crippen molar-refractivity contribution in [3.8, 4) is 6.07 Å². The fourth-order valence-corrected chi connectivity index (χ4v) is 1.06. The van der Waals surface area contributed by atoms with E-state index in [2.05, 4.69) is 15.9 Å². The van der Waals surface area contributed by atoms with Gasteiger partial charge in [-0.1, -0.05) is 22.0 Å². The monoisotopic (exact) mass is 210 g/mol. The number of nitriles is 1. The predicted molar refractivity (Wildman–Crippen MR) is 47.6 cm³/mol. The molecule has 0 saturated heterocycles. The normalized spacial score (nSPS) is 17.3. The lowest BCUT2D eigenvalue weighted by molar-refractivity contribution is 1.30. The molecule has 0 aromatic carbocycles. The van der Waals surface area contributed by atoms with Crippen LogP contribution in [0, 0.1) is 11.3 Å². The maximum atomic E-state index is 8.60. The standard InChI is InChI=1S/C8H7BrN2/c9-7-2-1-6(5-10)8(11)4-3-7/h1,3-4H,2,11H2. The van der Waals surface area contributed by atoms with E-state index in [1.165, 1.54) is 0 Å². The molecule has 0 spiro atoms. The smallest absolute Gasteiger partial charge is 0.101 e. The van der Waals surface area contributed by atoms with E-state index in [-0.39, 0.29) is 0 Å². The van der Waals surface area contributed by atoms with Gasteiger partial charge in [-0.15, -0.1) is 0 Å². The molecular weight excluding hydrogens is 204 g/mol. The minimum absolute atomic E-state index is 0.530. The molecule has 1 aliphatic rings. The Kier molecular flexibility index (Phi) is 2.50. The quantitative estimate of drug-likeness (QED) is 0.665. The Morgan fingerprint density at radius 2 is 2.27 bits per heavy atom. The van der Waals surface area contributed by atoms with E-state index < -0.39 is 0 Å². The van der Waals surface area contributed by atoms with Crippen molar-refractivity contribution < 1.29 is 0 Å². The van der Waals surface area contributed by atoms with Gasteiger partial charge in [-0.05, 0) is 23.1 Å². The van der Waals surface area contributed by atoms with Crippen LogP contribution in [-0.2, 0) is 0 Å². The van der Waals surface area contributed by atoms with Crippen LogP contribution in [0.25, 0.3) is 0 Å². The van der Waals surface area contributed by atoms with Crippen molar-refractivity contribution in [3.63, 3.8) is 0 Å². The highest BCUT2D eigenvalue weighted by molar-refractivity contribution is 9.11. The molecule has 56 valence electrons. The van der Waals surface area contributed by atoms with E-state index >= 15 is 0 Å². The van der Waals surface area contributed by atoms with Gasteiger partial charge < -0.3 is 5.73 Å². The molecule has 0 atom stereocenters. The number of nitrogens with two attached hydrogens (primary N) is 1. The van der Waals surface area contributed by atoms with Gasteiger partial charge in [0.15, 0.2) is 0 Å². The molecule has 0 saturated carbocycles. The van der Waals surface area contributed by atoms with Crippen LogP contribution < -0.4 is 5.73 Å². The van der Waals surface area contributed by atoms with Crippen molar-refractivity contribution >= 4 is 15.9 Å². The van der Waals surface area contributed by atoms with Crippen LogP contribution in [0.15, 0.2) is 34.0 Å². The topological polar surface area (TPSA) is 49.8 Å². The third kappa shape index (κ3) is 1.95. The molecule has 0 heterocycles. The third-order valence-corrected chi connectivity index (χ3v) is 1.96. The summed E-state index contributed by atoms with van der Waals surface area (Å²) in [7, 11) is 0. The van der Waals surface area contributed by atoms with Crippen LogP contribution in [0.2, 0.25) is 0 Å². The van der Waals surface area contributed by atoms with Crippen LogP contribution in [0.3, 0.4) is 0 Å². The summed E-state index contributed by atoms with van der Waals surface area (Å²) in [5, 5.41) is 8.60. The lowest BCUT2D eigenvalue weighted by Gasteiger charge is -1.92. The van der Waals surface area contributed by atoms with E-state index in [0.29, 0.717) is 11.3 Å². The highest BCUT2D eigenvalue weighted by Crippen LogP contribution is 2.18. The highest BCUT2D eigenvalue weighted by atomic mass is 79.9. The fourth-order valence-electron chi connectivity index (χ4n) is 0.766. The molecule has 0 radical (unpaired) electrons. The van der Waals surface area contributed by atoms with E-state index in [0.717, 1.165) is 10.9 Å². The van der Waals surface area contributed by atoms with Crippen molar-refractivity contribution in [1.29, 1.82) is 5.26 Å². The van der Waals surface area contributed by atoms with Crippen LogP contribution in [-0.4, -0.2) is 0 Å². The van der Waals surface area contributed by atoms with E-state index in [4.69, 9.17) is 11.0 Å². The first-order chi connectivity index (χ1) is 5.24. The highest BCUT2D eigenvalue weighted by Gasteiger charge is 2.01. The van der Waals surface area contributed by atoms with E-state index in [1.807, 2.05) is 12.1 Å². The summed E-state index contributed by atoms with van der Waals surface area (Å²) >= 11 is 3.33. The molecule has 0 aromatic rings. The molecule has 0 unspecified atom stereocenters. The zero-order valence-corrected chi connectivity index (χ0v) is 7.43. The summed E-state index contributed by atoms with van der Waals surface area (Å²) in [6.07, 6.45) is 6.13. The van der Waals surface area contributed by atoms with Crippen LogP contribution in [0.4, 0.5) is 0 Å². The lowest BCUT2D eigenvalue weighted by atomic mass is 10.2. The summed E-state index contributed by atoms with van der Waals surface area (Å²) in [6, 6.07) is 2.03. The molecule has 0 fully saturated rings. The second kappa shape index (κ2) is 3.40. The largest absolute Gasteiger partial charge is 0.398 e. The van der Waals surface area contributed by atoms with Crippen molar-refractivity contribution in [2.24, 2.45) is 5.73 Å². The van der Waals surface area contributed by atoms with Crippen LogP contribution >= 0.6 is 15.9 Å². The summed E-state index contributed by atoms with van der Waals surface area (Å²) in [5.41, 5.74) is 6.64. The molecule has 0 aliphatic heterocycles. The molecule has 0 bridgehead atoms. The molecule has 11 heavy (non-hydrogen) atoms. The third-order valence-electron chi connectivity index (χ3n) is 1.38. The minimum atomic E-state index is 0.530. The van der Waals surface area contributed by atoms with Gasteiger partial charge in [0.2, 0.25) is 0 Å². The number of hydrogen-bond acceptors (Lipinski definition) is 2. The van der Waals surface area contributed by atoms with Crippen molar-refractivity contribution in [2.45, 2.75) is 6.42 Å². The van der Waals surface area contributed by atoms with Gasteiger partial charge in [0.05, 0.1) is 5.57 Å². The molecule has 2 N–H and O–H groups in total. The summed E-state index contributed by atoms with van der Waals surface area (Å²) < 4.78 is 1.03. The van der Waals surface area contributed by atoms with Gasteiger partial charge >= 0.3 is 0 Å². The number of rotatable bonds is 0. The Bertz CT molecular complexity index is 292. The maximum absolute atomic E-state index is 8.60. The Balaban J connectivity index is 2.98. The van der Waals surface area contributed by atoms with Gasteiger partial charge in [0.25, 0.3) is 0 Å².